The molecule has 1 unspecified atom stereocenters. The summed E-state index contributed by atoms with van der Waals surface area (Å²) in [6.07, 6.45) is 9.47. The van der Waals surface area contributed by atoms with Gasteiger partial charge < -0.3 is 14.2 Å². The molecular weight excluding hydrogens is 264 g/mol. The Labute approximate surface area is 129 Å². The van der Waals surface area contributed by atoms with Crippen molar-refractivity contribution in [2.24, 2.45) is 0 Å². The van der Waals surface area contributed by atoms with Crippen molar-refractivity contribution in [1.82, 2.24) is 0 Å². The number of ether oxygens (including phenoxy) is 3. The van der Waals surface area contributed by atoms with Crippen LogP contribution in [0.4, 0.5) is 0 Å². The summed E-state index contributed by atoms with van der Waals surface area (Å²) in [6, 6.07) is 0. The van der Waals surface area contributed by atoms with E-state index in [1.807, 2.05) is 52.0 Å². The molecular formula is C18H28O3. The smallest absolute Gasteiger partial charge is 0.118 e. The van der Waals surface area contributed by atoms with Gasteiger partial charge in [0.15, 0.2) is 0 Å². The van der Waals surface area contributed by atoms with Crippen LogP contribution in [0.5, 0.6) is 0 Å². The minimum atomic E-state index is -0.485. The highest BCUT2D eigenvalue weighted by Gasteiger charge is 2.27. The summed E-state index contributed by atoms with van der Waals surface area (Å²) in [6.45, 7) is 11.7. The van der Waals surface area contributed by atoms with E-state index in [-0.39, 0.29) is 0 Å². The van der Waals surface area contributed by atoms with Gasteiger partial charge in [-0.05, 0) is 57.1 Å². The lowest BCUT2D eigenvalue weighted by Gasteiger charge is -2.30. The predicted molar refractivity (Wildman–Crippen MR) is 89.0 cm³/mol. The van der Waals surface area contributed by atoms with Crippen molar-refractivity contribution >= 4 is 0 Å². The van der Waals surface area contributed by atoms with Crippen LogP contribution in [0.2, 0.25) is 0 Å². The van der Waals surface area contributed by atoms with Gasteiger partial charge in [-0.3, -0.25) is 0 Å². The van der Waals surface area contributed by atoms with Gasteiger partial charge in [0.05, 0.1) is 20.0 Å². The molecule has 0 radical (unpaired) electrons. The number of rotatable bonds is 8. The monoisotopic (exact) mass is 292 g/mol. The third-order valence-corrected chi connectivity index (χ3v) is 3.74. The van der Waals surface area contributed by atoms with Gasteiger partial charge >= 0.3 is 0 Å². The summed E-state index contributed by atoms with van der Waals surface area (Å²) in [5.41, 5.74) is 1.67. The Bertz CT molecular complexity index is 467. The van der Waals surface area contributed by atoms with Crippen LogP contribution in [-0.2, 0) is 14.2 Å². The van der Waals surface area contributed by atoms with Crippen molar-refractivity contribution in [2.45, 2.75) is 33.3 Å². The van der Waals surface area contributed by atoms with Gasteiger partial charge in [-0.1, -0.05) is 18.7 Å². The lowest BCUT2D eigenvalue weighted by molar-refractivity contribution is 0.0701. The first-order valence-electron chi connectivity index (χ1n) is 6.86. The van der Waals surface area contributed by atoms with Crippen LogP contribution < -0.4 is 0 Å². The minimum Gasteiger partial charge on any atom is -0.501 e. The SMILES string of the molecule is C=C/C(=C\C=C(/C)C(C)(OC)/C(C)=C/C=C(\C)OC)OC. The van der Waals surface area contributed by atoms with Crippen LogP contribution in [0, 0.1) is 0 Å². The Hall–Kier alpha value is -1.74. The summed E-state index contributed by atoms with van der Waals surface area (Å²) in [4.78, 5) is 0. The summed E-state index contributed by atoms with van der Waals surface area (Å²) >= 11 is 0. The first-order chi connectivity index (χ1) is 9.85. The van der Waals surface area contributed by atoms with Gasteiger partial charge in [-0.25, -0.2) is 0 Å². The Balaban J connectivity index is 5.49. The molecule has 0 heterocycles. The van der Waals surface area contributed by atoms with E-state index in [2.05, 4.69) is 6.58 Å². The van der Waals surface area contributed by atoms with Crippen molar-refractivity contribution in [3.63, 3.8) is 0 Å². The van der Waals surface area contributed by atoms with E-state index < -0.39 is 5.60 Å². The molecule has 3 nitrogen and oxygen atoms in total. The maximum absolute atomic E-state index is 5.72. The van der Waals surface area contributed by atoms with Crippen LogP contribution in [0.1, 0.15) is 27.7 Å². The van der Waals surface area contributed by atoms with Crippen LogP contribution in [-0.4, -0.2) is 26.9 Å². The largest absolute Gasteiger partial charge is 0.501 e. The molecule has 3 heteroatoms. The maximum Gasteiger partial charge on any atom is 0.118 e. The molecule has 0 aromatic carbocycles. The lowest BCUT2D eigenvalue weighted by Crippen LogP contribution is -2.30. The van der Waals surface area contributed by atoms with Crippen molar-refractivity contribution in [2.75, 3.05) is 21.3 Å². The minimum absolute atomic E-state index is 0.485. The fraction of sp³-hybridized carbons (Fsp3) is 0.444. The van der Waals surface area contributed by atoms with Crippen LogP contribution in [0.15, 0.2) is 59.6 Å². The molecule has 0 aromatic rings. The predicted octanol–water partition coefficient (Wildman–Crippen LogP) is 4.55. The molecule has 0 fully saturated rings. The molecule has 0 N–H and O–H groups in total. The molecule has 1 atom stereocenters. The lowest BCUT2D eigenvalue weighted by atomic mass is 9.88. The summed E-state index contributed by atoms with van der Waals surface area (Å²) in [5, 5.41) is 0. The summed E-state index contributed by atoms with van der Waals surface area (Å²) < 4.78 is 16.0. The Kier molecular flexibility index (Phi) is 8.48. The second-order valence-corrected chi connectivity index (χ2v) is 4.90. The highest BCUT2D eigenvalue weighted by molar-refractivity contribution is 5.34. The highest BCUT2D eigenvalue weighted by Crippen LogP contribution is 2.29. The number of hydrogen-bond acceptors (Lipinski definition) is 3. The Morgan fingerprint density at radius 1 is 0.857 bits per heavy atom. The zero-order valence-corrected chi connectivity index (χ0v) is 14.3. The molecule has 0 spiro atoms. The average molecular weight is 292 g/mol. The van der Waals surface area contributed by atoms with Gasteiger partial charge in [0.25, 0.3) is 0 Å². The Morgan fingerprint density at radius 3 is 1.76 bits per heavy atom. The van der Waals surface area contributed by atoms with Crippen LogP contribution in [0.25, 0.3) is 0 Å². The van der Waals surface area contributed by atoms with Gasteiger partial charge in [-0.2, -0.15) is 0 Å². The van der Waals surface area contributed by atoms with Crippen LogP contribution >= 0.6 is 0 Å². The van der Waals surface area contributed by atoms with Gasteiger partial charge in [0.2, 0.25) is 0 Å². The van der Waals surface area contributed by atoms with Crippen LogP contribution in [0.3, 0.4) is 0 Å². The second-order valence-electron chi connectivity index (χ2n) is 4.90. The van der Waals surface area contributed by atoms with E-state index in [1.165, 1.54) is 0 Å². The van der Waals surface area contributed by atoms with E-state index in [4.69, 9.17) is 14.2 Å². The molecule has 0 aliphatic rings. The molecule has 0 aliphatic heterocycles. The van der Waals surface area contributed by atoms with Crippen molar-refractivity contribution in [1.29, 1.82) is 0 Å². The van der Waals surface area contributed by atoms with E-state index in [9.17, 15) is 0 Å². The van der Waals surface area contributed by atoms with E-state index in [0.29, 0.717) is 5.76 Å². The third kappa shape index (κ3) is 5.64. The van der Waals surface area contributed by atoms with Gasteiger partial charge in [0.1, 0.15) is 11.4 Å². The number of methoxy groups -OCH3 is 3. The molecule has 0 saturated carbocycles. The molecule has 21 heavy (non-hydrogen) atoms. The van der Waals surface area contributed by atoms with Crippen molar-refractivity contribution in [3.05, 3.63) is 59.6 Å². The third-order valence-electron chi connectivity index (χ3n) is 3.74. The standard InChI is InChI=1S/C18H28O3/c1-9-17(20-7)13-11-15(3)18(5,21-8)14(2)10-12-16(4)19-6/h9-13H,1H2,2-8H3/b14-10+,15-11+,16-12+,17-13+. The molecule has 0 saturated heterocycles. The van der Waals surface area contributed by atoms with Crippen molar-refractivity contribution < 1.29 is 14.2 Å². The zero-order chi connectivity index (χ0) is 16.5. The maximum atomic E-state index is 5.72. The topological polar surface area (TPSA) is 27.7 Å². The number of hydrogen-bond donors (Lipinski definition) is 0. The van der Waals surface area contributed by atoms with Crippen molar-refractivity contribution in [3.8, 4) is 0 Å². The quantitative estimate of drug-likeness (QED) is 0.485. The van der Waals surface area contributed by atoms with E-state index in [0.717, 1.165) is 16.9 Å². The molecule has 0 bridgehead atoms. The summed E-state index contributed by atoms with van der Waals surface area (Å²) in [7, 11) is 4.98. The number of allylic oxidation sites excluding steroid dienone is 6. The molecule has 0 aromatic heterocycles. The molecule has 118 valence electrons. The first kappa shape index (κ1) is 19.3. The normalized spacial score (nSPS) is 17.3. The van der Waals surface area contributed by atoms with E-state index >= 15 is 0 Å². The fourth-order valence-electron chi connectivity index (χ4n) is 1.69. The zero-order valence-electron chi connectivity index (χ0n) is 14.3. The summed E-state index contributed by atoms with van der Waals surface area (Å²) in [5.74, 6) is 1.56. The second kappa shape index (κ2) is 9.24. The van der Waals surface area contributed by atoms with E-state index in [1.54, 1.807) is 27.4 Å². The highest BCUT2D eigenvalue weighted by atomic mass is 16.5. The molecule has 0 rings (SSSR count). The first-order valence-corrected chi connectivity index (χ1v) is 6.86. The van der Waals surface area contributed by atoms with Gasteiger partial charge in [-0.15, -0.1) is 0 Å². The van der Waals surface area contributed by atoms with Gasteiger partial charge in [0, 0.05) is 7.11 Å². The molecule has 0 amide bonds. The fourth-order valence-corrected chi connectivity index (χ4v) is 1.69. The Morgan fingerprint density at radius 2 is 1.38 bits per heavy atom. The average Bonchev–Trinajstić information content (AvgIpc) is 2.51. The molecule has 0 aliphatic carbocycles.